The molecule has 0 aromatic heterocycles. The molecule has 0 unspecified atom stereocenters. The van der Waals surface area contributed by atoms with Crippen LogP contribution >= 0.6 is 0 Å². The summed E-state index contributed by atoms with van der Waals surface area (Å²) >= 11 is 0. The van der Waals surface area contributed by atoms with Gasteiger partial charge in [-0.2, -0.15) is 0 Å². The molecule has 1 amide bonds. The van der Waals surface area contributed by atoms with Crippen molar-refractivity contribution in [1.82, 2.24) is 5.32 Å². The summed E-state index contributed by atoms with van der Waals surface area (Å²) in [5.74, 6) is -2.96. The molecule has 0 aromatic carbocycles. The SMILES string of the molecule is CCCCCCCCC/C=C\CCCCCCCC(=O)N[C@@H](CC(=O)O)C(=O)O. The highest BCUT2D eigenvalue weighted by Gasteiger charge is 2.22. The van der Waals surface area contributed by atoms with Gasteiger partial charge in [0, 0.05) is 6.42 Å². The molecule has 0 aliphatic rings. The number of hydrogen-bond acceptors (Lipinski definition) is 3. The van der Waals surface area contributed by atoms with Crippen molar-refractivity contribution in [2.75, 3.05) is 0 Å². The van der Waals surface area contributed by atoms with Gasteiger partial charge in [-0.3, -0.25) is 9.59 Å². The molecule has 0 rings (SSSR count). The maximum atomic E-state index is 11.7. The molecule has 0 spiro atoms. The predicted molar refractivity (Wildman–Crippen MR) is 116 cm³/mol. The van der Waals surface area contributed by atoms with E-state index in [0.717, 1.165) is 32.1 Å². The van der Waals surface area contributed by atoms with Crippen LogP contribution < -0.4 is 5.32 Å². The highest BCUT2D eigenvalue weighted by Crippen LogP contribution is 2.10. The molecule has 0 aliphatic carbocycles. The number of unbranched alkanes of at least 4 members (excludes halogenated alkanes) is 12. The number of rotatable bonds is 20. The van der Waals surface area contributed by atoms with E-state index in [1.165, 1.54) is 51.4 Å². The predicted octanol–water partition coefficient (Wildman–Crippen LogP) is 5.46. The lowest BCUT2D eigenvalue weighted by Crippen LogP contribution is -2.42. The third kappa shape index (κ3) is 19.2. The number of hydrogen-bond donors (Lipinski definition) is 3. The van der Waals surface area contributed by atoms with Crippen LogP contribution in [0.3, 0.4) is 0 Å². The van der Waals surface area contributed by atoms with E-state index in [9.17, 15) is 14.4 Å². The van der Waals surface area contributed by atoms with Gasteiger partial charge in [0.1, 0.15) is 6.04 Å². The van der Waals surface area contributed by atoms with E-state index in [4.69, 9.17) is 10.2 Å². The van der Waals surface area contributed by atoms with Gasteiger partial charge in [0.15, 0.2) is 0 Å². The second-order valence-corrected chi connectivity index (χ2v) is 7.74. The van der Waals surface area contributed by atoms with Crippen LogP contribution in [0.25, 0.3) is 0 Å². The first kappa shape index (κ1) is 27.1. The second-order valence-electron chi connectivity index (χ2n) is 7.74. The van der Waals surface area contributed by atoms with Gasteiger partial charge >= 0.3 is 11.9 Å². The van der Waals surface area contributed by atoms with Crippen molar-refractivity contribution in [1.29, 1.82) is 0 Å². The summed E-state index contributed by atoms with van der Waals surface area (Å²) in [6.45, 7) is 2.24. The highest BCUT2D eigenvalue weighted by atomic mass is 16.4. The molecular formula is C23H41NO5. The van der Waals surface area contributed by atoms with Crippen molar-refractivity contribution in [2.45, 2.75) is 116 Å². The zero-order valence-corrected chi connectivity index (χ0v) is 18.2. The number of aliphatic carboxylic acids is 2. The Morgan fingerprint density at radius 3 is 1.72 bits per heavy atom. The second kappa shape index (κ2) is 19.5. The Morgan fingerprint density at radius 2 is 1.24 bits per heavy atom. The summed E-state index contributed by atoms with van der Waals surface area (Å²) in [5, 5.41) is 19.8. The van der Waals surface area contributed by atoms with Gasteiger partial charge in [0.05, 0.1) is 6.42 Å². The topological polar surface area (TPSA) is 104 Å². The largest absolute Gasteiger partial charge is 0.481 e. The average molecular weight is 412 g/mol. The summed E-state index contributed by atoms with van der Waals surface area (Å²) in [6.07, 6.45) is 20.9. The summed E-state index contributed by atoms with van der Waals surface area (Å²) in [4.78, 5) is 33.2. The maximum Gasteiger partial charge on any atom is 0.326 e. The zero-order valence-electron chi connectivity index (χ0n) is 18.2. The molecule has 0 bridgehead atoms. The van der Waals surface area contributed by atoms with Gasteiger partial charge in [-0.05, 0) is 32.1 Å². The fourth-order valence-corrected chi connectivity index (χ4v) is 3.17. The van der Waals surface area contributed by atoms with Crippen molar-refractivity contribution >= 4 is 17.8 Å². The third-order valence-corrected chi connectivity index (χ3v) is 4.93. The molecular weight excluding hydrogens is 370 g/mol. The fourth-order valence-electron chi connectivity index (χ4n) is 3.17. The van der Waals surface area contributed by atoms with E-state index in [-0.39, 0.29) is 6.42 Å². The first-order valence-electron chi connectivity index (χ1n) is 11.4. The smallest absolute Gasteiger partial charge is 0.326 e. The molecule has 0 aliphatic heterocycles. The molecule has 29 heavy (non-hydrogen) atoms. The van der Waals surface area contributed by atoms with Crippen molar-refractivity contribution in [3.05, 3.63) is 12.2 Å². The fraction of sp³-hybridized carbons (Fsp3) is 0.783. The summed E-state index contributed by atoms with van der Waals surface area (Å²) in [5.41, 5.74) is 0. The van der Waals surface area contributed by atoms with Crippen LogP contribution in [0.2, 0.25) is 0 Å². The molecule has 0 aromatic rings. The standard InChI is InChI=1S/C23H41NO5/c1-2-3-4-5-6-7-8-9-10-11-12-13-14-15-16-17-18-21(25)24-20(23(28)29)19-22(26)27/h10-11,20H,2-9,12-19H2,1H3,(H,24,25)(H,26,27)(H,28,29)/b11-10-/t20-/m0/s1. The maximum absolute atomic E-state index is 11.7. The molecule has 0 saturated heterocycles. The Hall–Kier alpha value is -1.85. The highest BCUT2D eigenvalue weighted by molar-refractivity contribution is 5.86. The van der Waals surface area contributed by atoms with Crippen LogP contribution in [0.4, 0.5) is 0 Å². The summed E-state index contributed by atoms with van der Waals surface area (Å²) in [7, 11) is 0. The van der Waals surface area contributed by atoms with Crippen LogP contribution in [0.5, 0.6) is 0 Å². The summed E-state index contributed by atoms with van der Waals surface area (Å²) in [6, 6.07) is -1.35. The number of carboxylic acid groups (broad SMARTS) is 2. The van der Waals surface area contributed by atoms with Gasteiger partial charge in [-0.1, -0.05) is 76.9 Å². The van der Waals surface area contributed by atoms with Crippen molar-refractivity contribution < 1.29 is 24.6 Å². The van der Waals surface area contributed by atoms with Crippen LogP contribution in [-0.4, -0.2) is 34.1 Å². The van der Waals surface area contributed by atoms with E-state index < -0.39 is 30.3 Å². The Balaban J connectivity index is 3.48. The Labute approximate surface area is 176 Å². The lowest BCUT2D eigenvalue weighted by atomic mass is 10.1. The molecule has 1 atom stereocenters. The lowest BCUT2D eigenvalue weighted by molar-refractivity contribution is -0.147. The molecule has 168 valence electrons. The molecule has 0 heterocycles. The number of amides is 1. The van der Waals surface area contributed by atoms with E-state index in [2.05, 4.69) is 24.4 Å². The number of nitrogens with one attached hydrogen (secondary N) is 1. The van der Waals surface area contributed by atoms with E-state index >= 15 is 0 Å². The minimum absolute atomic E-state index is 0.238. The Morgan fingerprint density at radius 1 is 0.759 bits per heavy atom. The lowest BCUT2D eigenvalue weighted by Gasteiger charge is -2.12. The quantitative estimate of drug-likeness (QED) is 0.182. The molecule has 3 N–H and O–H groups in total. The van der Waals surface area contributed by atoms with Crippen LogP contribution in [0.1, 0.15) is 110 Å². The normalized spacial score (nSPS) is 12.2. The summed E-state index contributed by atoms with van der Waals surface area (Å²) < 4.78 is 0. The van der Waals surface area contributed by atoms with Gasteiger partial charge in [-0.25, -0.2) is 4.79 Å². The van der Waals surface area contributed by atoms with Gasteiger partial charge in [0.2, 0.25) is 5.91 Å². The molecule has 0 radical (unpaired) electrons. The minimum Gasteiger partial charge on any atom is -0.481 e. The number of carbonyl (C=O) groups is 3. The van der Waals surface area contributed by atoms with Gasteiger partial charge in [0.25, 0.3) is 0 Å². The number of allylic oxidation sites excluding steroid dienone is 2. The van der Waals surface area contributed by atoms with Crippen molar-refractivity contribution in [2.24, 2.45) is 0 Å². The minimum atomic E-state index is -1.35. The zero-order chi connectivity index (χ0) is 21.7. The van der Waals surface area contributed by atoms with Gasteiger partial charge < -0.3 is 15.5 Å². The first-order chi connectivity index (χ1) is 14.0. The Bertz CT molecular complexity index is 476. The molecule has 0 fully saturated rings. The number of carbonyl (C=O) groups excluding carboxylic acids is 1. The van der Waals surface area contributed by atoms with Crippen molar-refractivity contribution in [3.63, 3.8) is 0 Å². The molecule has 6 nitrogen and oxygen atoms in total. The molecule has 0 saturated carbocycles. The monoisotopic (exact) mass is 411 g/mol. The van der Waals surface area contributed by atoms with Crippen LogP contribution in [-0.2, 0) is 14.4 Å². The Kier molecular flexibility index (Phi) is 18.2. The van der Waals surface area contributed by atoms with Crippen LogP contribution in [0, 0.1) is 0 Å². The van der Waals surface area contributed by atoms with Crippen molar-refractivity contribution in [3.8, 4) is 0 Å². The average Bonchev–Trinajstić information content (AvgIpc) is 2.66. The third-order valence-electron chi connectivity index (χ3n) is 4.93. The van der Waals surface area contributed by atoms with Gasteiger partial charge in [-0.15, -0.1) is 0 Å². The molecule has 6 heteroatoms. The van der Waals surface area contributed by atoms with Crippen LogP contribution in [0.15, 0.2) is 12.2 Å². The van der Waals surface area contributed by atoms with E-state index in [0.29, 0.717) is 6.42 Å². The van der Waals surface area contributed by atoms with E-state index in [1.54, 1.807) is 0 Å². The number of carboxylic acids is 2. The first-order valence-corrected chi connectivity index (χ1v) is 11.4. The van der Waals surface area contributed by atoms with E-state index in [1.807, 2.05) is 0 Å².